The van der Waals surface area contributed by atoms with E-state index in [0.29, 0.717) is 23.1 Å². The number of nitrogens with one attached hydrogen (secondary N) is 1. The second-order valence-electron chi connectivity index (χ2n) is 9.05. The number of alkyl halides is 2. The van der Waals surface area contributed by atoms with Crippen molar-refractivity contribution in [1.29, 1.82) is 5.41 Å². The number of rotatable bonds is 6. The van der Waals surface area contributed by atoms with Gasteiger partial charge in [-0.15, -0.1) is 11.6 Å². The summed E-state index contributed by atoms with van der Waals surface area (Å²) in [5.41, 5.74) is 8.69. The van der Waals surface area contributed by atoms with Crippen LogP contribution in [0.5, 0.6) is 0 Å². The lowest BCUT2D eigenvalue weighted by Gasteiger charge is -2.34. The molecule has 3 N–H and O–H groups in total. The lowest BCUT2D eigenvalue weighted by atomic mass is 9.75. The number of halogens is 2. The molecule has 0 spiro atoms. The smallest absolute Gasteiger partial charge is 0.190 e. The summed E-state index contributed by atoms with van der Waals surface area (Å²) in [5, 5.41) is 8.07. The van der Waals surface area contributed by atoms with E-state index in [2.05, 4.69) is 37.7 Å². The fourth-order valence-corrected chi connectivity index (χ4v) is 4.56. The fraction of sp³-hybridized carbons (Fsp3) is 0.462. The highest BCUT2D eigenvalue weighted by molar-refractivity contribution is 6.21. The molecule has 0 amide bonds. The summed E-state index contributed by atoms with van der Waals surface area (Å²) in [6, 6.07) is 11.3. The van der Waals surface area contributed by atoms with Gasteiger partial charge < -0.3 is 15.9 Å². The number of nitrogens with two attached hydrogens (primary N) is 1. The Bertz CT molecular complexity index is 1050. The Labute approximate surface area is 211 Å². The number of hydrogen-bond donors (Lipinski definition) is 2. The van der Waals surface area contributed by atoms with Gasteiger partial charge in [-0.25, -0.2) is 14.4 Å². The summed E-state index contributed by atoms with van der Waals surface area (Å²) < 4.78 is 18.8. The van der Waals surface area contributed by atoms with Gasteiger partial charge in [0.15, 0.2) is 13.1 Å². The summed E-state index contributed by atoms with van der Waals surface area (Å²) in [4.78, 5) is 15.8. The molecule has 0 saturated carbocycles. The molecule has 0 aliphatic carbocycles. The van der Waals surface area contributed by atoms with Gasteiger partial charge in [0.25, 0.3) is 0 Å². The zero-order valence-electron chi connectivity index (χ0n) is 20.6. The van der Waals surface area contributed by atoms with E-state index in [0.717, 1.165) is 11.3 Å². The number of hydrogen-bond acceptors (Lipinski definition) is 7. The Kier molecular flexibility index (Phi) is 9.34. The predicted octanol–water partition coefficient (Wildman–Crippen LogP) is 5.53. The van der Waals surface area contributed by atoms with Crippen LogP contribution in [-0.4, -0.2) is 42.5 Å². The van der Waals surface area contributed by atoms with E-state index < -0.39 is 19.0 Å². The van der Waals surface area contributed by atoms with Crippen molar-refractivity contribution in [3.05, 3.63) is 53.7 Å². The monoisotopic (exact) mass is 500 g/mol. The minimum atomic E-state index is -1.000. The quantitative estimate of drug-likeness (QED) is 0.402. The highest BCUT2D eigenvalue weighted by Gasteiger charge is 2.34. The predicted molar refractivity (Wildman–Crippen MR) is 142 cm³/mol. The van der Waals surface area contributed by atoms with Crippen LogP contribution in [0.2, 0.25) is 0 Å². The van der Waals surface area contributed by atoms with Gasteiger partial charge in [0, 0.05) is 29.9 Å². The molecule has 1 unspecified atom stereocenters. The van der Waals surface area contributed by atoms with Crippen molar-refractivity contribution >= 4 is 41.5 Å². The minimum Gasteiger partial charge on any atom is -0.383 e. The topological polar surface area (TPSA) is 100.0 Å². The van der Waals surface area contributed by atoms with E-state index in [1.165, 1.54) is 6.21 Å². The van der Waals surface area contributed by atoms with Gasteiger partial charge in [-0.2, -0.15) is 0 Å². The minimum absolute atomic E-state index is 0.00955. The van der Waals surface area contributed by atoms with Crippen LogP contribution < -0.4 is 10.6 Å². The molecule has 1 aliphatic rings. The number of nitrogen functional groups attached to an aromatic ring is 1. The van der Waals surface area contributed by atoms with Gasteiger partial charge in [-0.3, -0.25) is 9.89 Å². The Hall–Kier alpha value is -2.84. The van der Waals surface area contributed by atoms with E-state index in [4.69, 9.17) is 32.5 Å². The molecule has 2 aromatic rings. The zero-order chi connectivity index (χ0) is 25.5. The molecule has 35 heavy (non-hydrogen) atoms. The number of anilines is 2. The third-order valence-corrected chi connectivity index (χ3v) is 7.42. The van der Waals surface area contributed by atoms with Crippen LogP contribution in [0.15, 0.2) is 52.6 Å². The number of pyridine rings is 1. The van der Waals surface area contributed by atoms with Crippen LogP contribution in [0.3, 0.4) is 0 Å². The molecule has 0 radical (unpaired) electrons. The van der Waals surface area contributed by atoms with Crippen molar-refractivity contribution < 1.29 is 9.13 Å². The summed E-state index contributed by atoms with van der Waals surface area (Å²) in [6.07, 6.45) is 3.66. The van der Waals surface area contributed by atoms with E-state index in [-0.39, 0.29) is 23.8 Å². The first-order valence-corrected chi connectivity index (χ1v) is 12.3. The maximum atomic E-state index is 13.4. The standard InChI is InChI=1S/C26H34ClFN6O/c1-16-17(2)19(4)33-25(22-6-5-11-31-24(22)30)34(21-9-7-20(12-27)8-10-21)15-32-26(35-14-28)23(13-29)18(16)3/h5-11,13,15-19,23,26,29H,12,14H2,1-4H3,(H2,30,31)/b29-13?,32-15+,33-25-/t16-,17-,18+,19-,23+,26?/m0/s1. The second-order valence-corrected chi connectivity index (χ2v) is 9.32. The van der Waals surface area contributed by atoms with Crippen molar-refractivity contribution in [3.8, 4) is 0 Å². The van der Waals surface area contributed by atoms with Crippen molar-refractivity contribution in [1.82, 2.24) is 4.98 Å². The van der Waals surface area contributed by atoms with E-state index in [1.807, 2.05) is 41.3 Å². The molecule has 1 aliphatic heterocycles. The maximum absolute atomic E-state index is 13.4. The number of benzene rings is 1. The molecule has 0 fully saturated rings. The first-order chi connectivity index (χ1) is 16.8. The van der Waals surface area contributed by atoms with Gasteiger partial charge in [0.1, 0.15) is 11.7 Å². The Morgan fingerprint density at radius 2 is 1.83 bits per heavy atom. The SMILES string of the molecule is C[C@@H]1[C@@H](C)[C@@H](C=N)C(OCF)/N=C/N(c2ccc(CCl)cc2)/C(c2cccnc2N)=N\[C@@H](C)[C@H]1C. The fourth-order valence-electron chi connectivity index (χ4n) is 4.38. The Morgan fingerprint density at radius 3 is 2.43 bits per heavy atom. The third kappa shape index (κ3) is 6.05. The molecule has 3 rings (SSSR count). The molecule has 2 heterocycles. The number of aromatic nitrogens is 1. The Morgan fingerprint density at radius 1 is 1.11 bits per heavy atom. The van der Waals surface area contributed by atoms with Gasteiger partial charge >= 0.3 is 0 Å². The molecular weight excluding hydrogens is 467 g/mol. The summed E-state index contributed by atoms with van der Waals surface area (Å²) in [6.45, 7) is 7.40. The molecular formula is C26H34ClFN6O. The van der Waals surface area contributed by atoms with Gasteiger partial charge in [-0.1, -0.05) is 32.9 Å². The zero-order valence-corrected chi connectivity index (χ0v) is 21.4. The number of nitrogens with zero attached hydrogens (tertiary/aromatic N) is 4. The first kappa shape index (κ1) is 26.8. The normalized spacial score (nSPS) is 30.1. The summed E-state index contributed by atoms with van der Waals surface area (Å²) in [7, 11) is 0. The summed E-state index contributed by atoms with van der Waals surface area (Å²) >= 11 is 6.00. The summed E-state index contributed by atoms with van der Waals surface area (Å²) in [5.74, 6) is 1.21. The molecule has 9 heteroatoms. The number of ether oxygens (including phenoxy) is 1. The van der Waals surface area contributed by atoms with Gasteiger partial charge in [0.2, 0.25) is 0 Å². The molecule has 1 aromatic heterocycles. The maximum Gasteiger partial charge on any atom is 0.190 e. The average molecular weight is 501 g/mol. The molecule has 7 nitrogen and oxygen atoms in total. The molecule has 6 atom stereocenters. The average Bonchev–Trinajstić information content (AvgIpc) is 2.88. The lowest BCUT2D eigenvalue weighted by molar-refractivity contribution is -0.0316. The van der Waals surface area contributed by atoms with Crippen molar-refractivity contribution in [2.75, 3.05) is 17.5 Å². The van der Waals surface area contributed by atoms with E-state index in [9.17, 15) is 4.39 Å². The van der Waals surface area contributed by atoms with Crippen LogP contribution in [0, 0.1) is 29.1 Å². The largest absolute Gasteiger partial charge is 0.383 e. The van der Waals surface area contributed by atoms with Crippen molar-refractivity contribution in [2.24, 2.45) is 33.7 Å². The van der Waals surface area contributed by atoms with Crippen LogP contribution in [0.1, 0.15) is 38.8 Å². The molecule has 188 valence electrons. The Balaban J connectivity index is 2.26. The highest BCUT2D eigenvalue weighted by atomic mass is 35.5. The second kappa shape index (κ2) is 12.2. The van der Waals surface area contributed by atoms with Gasteiger partial charge in [0.05, 0.1) is 17.9 Å². The van der Waals surface area contributed by atoms with E-state index >= 15 is 0 Å². The van der Waals surface area contributed by atoms with Crippen LogP contribution >= 0.6 is 11.6 Å². The highest BCUT2D eigenvalue weighted by Crippen LogP contribution is 2.33. The van der Waals surface area contributed by atoms with Crippen LogP contribution in [0.4, 0.5) is 15.9 Å². The van der Waals surface area contributed by atoms with Crippen LogP contribution in [0.25, 0.3) is 0 Å². The van der Waals surface area contributed by atoms with E-state index in [1.54, 1.807) is 12.5 Å². The third-order valence-electron chi connectivity index (χ3n) is 7.11. The number of aliphatic imine (C=N–C) groups is 2. The molecule has 0 bridgehead atoms. The van der Waals surface area contributed by atoms with Crippen molar-refractivity contribution in [2.45, 2.75) is 45.8 Å². The first-order valence-electron chi connectivity index (χ1n) is 11.8. The van der Waals surface area contributed by atoms with Gasteiger partial charge in [-0.05, 0) is 54.5 Å². The number of amidine groups is 1. The molecule has 1 aromatic carbocycles. The molecule has 0 saturated heterocycles. The van der Waals surface area contributed by atoms with Crippen LogP contribution in [-0.2, 0) is 10.6 Å². The lowest BCUT2D eigenvalue weighted by Crippen LogP contribution is -2.36. The van der Waals surface area contributed by atoms with Crippen molar-refractivity contribution in [3.63, 3.8) is 0 Å².